The summed E-state index contributed by atoms with van der Waals surface area (Å²) in [5, 5.41) is 10.9. The molecule has 0 radical (unpaired) electrons. The fourth-order valence-electron chi connectivity index (χ4n) is 2.22. The van der Waals surface area contributed by atoms with Crippen molar-refractivity contribution in [1.82, 2.24) is 4.57 Å². The summed E-state index contributed by atoms with van der Waals surface area (Å²) < 4.78 is 2.54. The first-order chi connectivity index (χ1) is 11.5. The third kappa shape index (κ3) is 3.10. The van der Waals surface area contributed by atoms with Crippen molar-refractivity contribution in [3.63, 3.8) is 0 Å². The molecule has 6 nitrogen and oxygen atoms in total. The van der Waals surface area contributed by atoms with Crippen LogP contribution < -0.4 is 4.80 Å². The molecule has 3 aromatic rings. The molecule has 2 aromatic carbocycles. The first kappa shape index (κ1) is 16.4. The van der Waals surface area contributed by atoms with Crippen molar-refractivity contribution >= 4 is 44.9 Å². The van der Waals surface area contributed by atoms with E-state index < -0.39 is 4.92 Å². The zero-order valence-corrected chi connectivity index (χ0v) is 14.6. The molecule has 1 aromatic heterocycles. The van der Waals surface area contributed by atoms with Gasteiger partial charge in [-0.15, -0.1) is 11.8 Å². The number of thiazole rings is 1. The number of nitro groups is 1. The molecule has 0 fully saturated rings. The maximum Gasteiger partial charge on any atom is 0.279 e. The number of hydrogen-bond donors (Lipinski definition) is 0. The molecule has 122 valence electrons. The Bertz CT molecular complexity index is 1000. The predicted molar refractivity (Wildman–Crippen MR) is 95.6 cm³/mol. The predicted octanol–water partition coefficient (Wildman–Crippen LogP) is 3.61. The number of aryl methyl sites for hydroxylation is 1. The highest BCUT2D eigenvalue weighted by atomic mass is 32.2. The number of carbonyl (C=O) groups excluding carboxylic acids is 1. The van der Waals surface area contributed by atoms with Crippen LogP contribution in [0.5, 0.6) is 0 Å². The lowest BCUT2D eigenvalue weighted by molar-refractivity contribution is -0.384. The number of benzene rings is 2. The highest BCUT2D eigenvalue weighted by Gasteiger charge is 2.11. The maximum atomic E-state index is 12.3. The van der Waals surface area contributed by atoms with Gasteiger partial charge in [0.05, 0.1) is 15.1 Å². The van der Waals surface area contributed by atoms with E-state index in [9.17, 15) is 14.9 Å². The van der Waals surface area contributed by atoms with Crippen LogP contribution in [0.25, 0.3) is 10.2 Å². The Balaban J connectivity index is 2.04. The average Bonchev–Trinajstić information content (AvgIpc) is 2.90. The Morgan fingerprint density at radius 1 is 1.25 bits per heavy atom. The van der Waals surface area contributed by atoms with E-state index in [1.807, 2.05) is 18.4 Å². The molecule has 1 heterocycles. The standard InChI is InChI=1S/C16H13N3O3S2/c1-18-13-9-11(19(21)22)5-8-14(13)24-16(18)17-15(20)10-3-6-12(23-2)7-4-10/h3-9H,1-2H3. The van der Waals surface area contributed by atoms with Gasteiger partial charge in [0.15, 0.2) is 4.80 Å². The molecule has 24 heavy (non-hydrogen) atoms. The fraction of sp³-hybridized carbons (Fsp3) is 0.125. The third-order valence-electron chi connectivity index (χ3n) is 3.54. The summed E-state index contributed by atoms with van der Waals surface area (Å²) in [4.78, 5) is 28.5. The van der Waals surface area contributed by atoms with Crippen LogP contribution in [0.15, 0.2) is 52.4 Å². The van der Waals surface area contributed by atoms with Crippen molar-refractivity contribution in [1.29, 1.82) is 0 Å². The van der Waals surface area contributed by atoms with Crippen LogP contribution in [-0.2, 0) is 7.05 Å². The SMILES string of the molecule is CSc1ccc(C(=O)N=c2sc3ccc([N+](=O)[O-])cc3n2C)cc1. The van der Waals surface area contributed by atoms with Crippen LogP contribution in [0.3, 0.4) is 0 Å². The molecule has 0 saturated carbocycles. The van der Waals surface area contributed by atoms with Crippen LogP contribution in [0.1, 0.15) is 10.4 Å². The van der Waals surface area contributed by atoms with Crippen LogP contribution in [0.4, 0.5) is 5.69 Å². The second kappa shape index (κ2) is 6.58. The van der Waals surface area contributed by atoms with Crippen LogP contribution in [0, 0.1) is 10.1 Å². The van der Waals surface area contributed by atoms with E-state index in [-0.39, 0.29) is 11.6 Å². The van der Waals surface area contributed by atoms with Gasteiger partial charge in [-0.25, -0.2) is 0 Å². The summed E-state index contributed by atoms with van der Waals surface area (Å²) in [6, 6.07) is 11.9. The zero-order chi connectivity index (χ0) is 17.3. The van der Waals surface area contributed by atoms with E-state index in [1.54, 1.807) is 41.6 Å². The summed E-state index contributed by atoms with van der Waals surface area (Å²) in [6.07, 6.45) is 1.97. The number of carbonyl (C=O) groups is 1. The van der Waals surface area contributed by atoms with Gasteiger partial charge in [-0.1, -0.05) is 11.3 Å². The highest BCUT2D eigenvalue weighted by molar-refractivity contribution is 7.98. The second-order valence-electron chi connectivity index (χ2n) is 5.00. The number of nitrogens with zero attached hydrogens (tertiary/aromatic N) is 3. The van der Waals surface area contributed by atoms with Crippen molar-refractivity contribution in [3.05, 3.63) is 62.9 Å². The van der Waals surface area contributed by atoms with Crippen LogP contribution in [0.2, 0.25) is 0 Å². The molecule has 0 spiro atoms. The lowest BCUT2D eigenvalue weighted by Gasteiger charge is -1.98. The number of non-ortho nitro benzene ring substituents is 1. The summed E-state index contributed by atoms with van der Waals surface area (Å²) in [5.41, 5.74) is 1.20. The zero-order valence-electron chi connectivity index (χ0n) is 12.9. The molecular weight excluding hydrogens is 346 g/mol. The van der Waals surface area contributed by atoms with Gasteiger partial charge in [-0.05, 0) is 36.6 Å². The summed E-state index contributed by atoms with van der Waals surface area (Å²) in [7, 11) is 1.74. The molecule has 0 N–H and O–H groups in total. The number of nitro benzene ring substituents is 1. The molecule has 1 amide bonds. The Hall–Kier alpha value is -2.45. The van der Waals surface area contributed by atoms with Gasteiger partial charge in [0.1, 0.15) is 0 Å². The molecular formula is C16H13N3O3S2. The molecule has 0 atom stereocenters. The highest BCUT2D eigenvalue weighted by Crippen LogP contribution is 2.22. The van der Waals surface area contributed by atoms with Crippen molar-refractivity contribution < 1.29 is 9.72 Å². The molecule has 0 saturated heterocycles. The Morgan fingerprint density at radius 3 is 2.58 bits per heavy atom. The van der Waals surface area contributed by atoms with Gasteiger partial charge in [0.2, 0.25) is 0 Å². The van der Waals surface area contributed by atoms with Gasteiger partial charge in [0, 0.05) is 29.6 Å². The van der Waals surface area contributed by atoms with Crippen molar-refractivity contribution in [2.24, 2.45) is 12.0 Å². The second-order valence-corrected chi connectivity index (χ2v) is 6.89. The minimum absolute atomic E-state index is 0.0152. The first-order valence-corrected chi connectivity index (χ1v) is 9.01. The number of fused-ring (bicyclic) bond motifs is 1. The minimum atomic E-state index is -0.438. The molecule has 0 bridgehead atoms. The molecule has 3 rings (SSSR count). The smallest absolute Gasteiger partial charge is 0.279 e. The van der Waals surface area contributed by atoms with Crippen molar-refractivity contribution in [2.75, 3.05) is 6.26 Å². The van der Waals surface area contributed by atoms with E-state index in [0.717, 1.165) is 9.60 Å². The van der Waals surface area contributed by atoms with Gasteiger partial charge in [-0.2, -0.15) is 4.99 Å². The van der Waals surface area contributed by atoms with E-state index >= 15 is 0 Å². The number of thioether (sulfide) groups is 1. The largest absolute Gasteiger partial charge is 0.319 e. The molecule has 0 aliphatic heterocycles. The van der Waals surface area contributed by atoms with E-state index in [4.69, 9.17) is 0 Å². The van der Waals surface area contributed by atoms with Gasteiger partial charge in [-0.3, -0.25) is 14.9 Å². The number of hydrogen-bond acceptors (Lipinski definition) is 5. The van der Waals surface area contributed by atoms with Gasteiger partial charge >= 0.3 is 0 Å². The average molecular weight is 359 g/mol. The summed E-state index contributed by atoms with van der Waals surface area (Å²) in [5.74, 6) is -0.334. The quantitative estimate of drug-likeness (QED) is 0.407. The first-order valence-electron chi connectivity index (χ1n) is 6.96. The van der Waals surface area contributed by atoms with Crippen LogP contribution >= 0.6 is 23.1 Å². The topological polar surface area (TPSA) is 77.5 Å². The van der Waals surface area contributed by atoms with E-state index in [0.29, 0.717) is 15.9 Å². The van der Waals surface area contributed by atoms with Crippen molar-refractivity contribution in [3.8, 4) is 0 Å². The van der Waals surface area contributed by atoms with E-state index in [2.05, 4.69) is 4.99 Å². The minimum Gasteiger partial charge on any atom is -0.319 e. The van der Waals surface area contributed by atoms with Gasteiger partial charge < -0.3 is 4.57 Å². The fourth-order valence-corrected chi connectivity index (χ4v) is 3.63. The number of aromatic nitrogens is 1. The number of rotatable bonds is 3. The van der Waals surface area contributed by atoms with Crippen molar-refractivity contribution in [2.45, 2.75) is 4.90 Å². The lowest BCUT2D eigenvalue weighted by atomic mass is 10.2. The maximum absolute atomic E-state index is 12.3. The Labute approximate surface area is 145 Å². The normalized spacial score (nSPS) is 11.8. The monoisotopic (exact) mass is 359 g/mol. The number of amides is 1. The Morgan fingerprint density at radius 2 is 1.96 bits per heavy atom. The third-order valence-corrected chi connectivity index (χ3v) is 5.39. The Kier molecular flexibility index (Phi) is 4.50. The molecule has 0 unspecified atom stereocenters. The van der Waals surface area contributed by atoms with Gasteiger partial charge in [0.25, 0.3) is 11.6 Å². The molecule has 0 aliphatic carbocycles. The summed E-state index contributed by atoms with van der Waals surface area (Å²) >= 11 is 2.93. The molecule has 0 aliphatic rings. The molecule has 8 heteroatoms. The van der Waals surface area contributed by atoms with E-state index in [1.165, 1.54) is 23.5 Å². The summed E-state index contributed by atoms with van der Waals surface area (Å²) in [6.45, 7) is 0. The van der Waals surface area contributed by atoms with Crippen LogP contribution in [-0.4, -0.2) is 21.7 Å². The lowest BCUT2D eigenvalue weighted by Crippen LogP contribution is -2.13.